The molecule has 1 heterocycles. The van der Waals surface area contributed by atoms with Crippen LogP contribution in [0.3, 0.4) is 0 Å². The Balaban J connectivity index is 2.16. The molecule has 2 aromatic rings. The number of aliphatic carboxylic acids is 1. The van der Waals surface area contributed by atoms with Crippen LogP contribution >= 0.6 is 23.2 Å². The number of halogens is 3. The summed E-state index contributed by atoms with van der Waals surface area (Å²) in [7, 11) is -4.13. The Kier molecular flexibility index (Phi) is 4.19. The third kappa shape index (κ3) is 2.72. The number of hydrogen-bond donors (Lipinski definition) is 1. The van der Waals surface area contributed by atoms with Crippen LogP contribution < -0.4 is 4.74 Å². The molecule has 0 radical (unpaired) electrons. The molecule has 0 saturated carbocycles. The second kappa shape index (κ2) is 5.91. The zero-order valence-corrected chi connectivity index (χ0v) is 14.1. The van der Waals surface area contributed by atoms with Crippen LogP contribution in [0, 0.1) is 5.82 Å². The molecule has 1 N–H and O–H groups in total. The first-order valence-corrected chi connectivity index (χ1v) is 8.86. The molecule has 0 fully saturated rings. The van der Waals surface area contributed by atoms with Gasteiger partial charge in [-0.15, -0.1) is 0 Å². The summed E-state index contributed by atoms with van der Waals surface area (Å²) in [6, 6.07) is 5.68. The molecule has 0 saturated heterocycles. The average molecular weight is 391 g/mol. The largest absolute Gasteiger partial charge is 0.478 e. The Bertz CT molecular complexity index is 959. The molecule has 1 atom stereocenters. The fraction of sp³-hybridized carbons (Fsp3) is 0.133. The summed E-state index contributed by atoms with van der Waals surface area (Å²) in [6.45, 7) is 0. The molecule has 24 heavy (non-hydrogen) atoms. The molecule has 1 unspecified atom stereocenters. The minimum atomic E-state index is -4.13. The highest BCUT2D eigenvalue weighted by atomic mass is 35.5. The van der Waals surface area contributed by atoms with E-state index in [9.17, 15) is 17.6 Å². The summed E-state index contributed by atoms with van der Waals surface area (Å²) in [5, 5.41) is 8.53. The Morgan fingerprint density at radius 3 is 2.58 bits per heavy atom. The van der Waals surface area contributed by atoms with Gasteiger partial charge >= 0.3 is 5.97 Å². The first-order valence-electron chi connectivity index (χ1n) is 6.63. The highest BCUT2D eigenvalue weighted by Crippen LogP contribution is 2.45. The second-order valence-corrected chi connectivity index (χ2v) is 7.77. The lowest BCUT2D eigenvalue weighted by atomic mass is 10.1. The van der Waals surface area contributed by atoms with E-state index >= 15 is 0 Å². The fourth-order valence-corrected chi connectivity index (χ4v) is 4.58. The normalized spacial score (nSPS) is 16.5. The number of fused-ring (bicyclic) bond motifs is 1. The van der Waals surface area contributed by atoms with Gasteiger partial charge in [-0.05, 0) is 24.3 Å². The van der Waals surface area contributed by atoms with Crippen LogP contribution in [-0.2, 0) is 21.1 Å². The smallest absolute Gasteiger partial charge is 0.345 e. The Morgan fingerprint density at radius 2 is 1.96 bits per heavy atom. The first kappa shape index (κ1) is 17.0. The van der Waals surface area contributed by atoms with Crippen LogP contribution in [0.1, 0.15) is 5.56 Å². The van der Waals surface area contributed by atoms with Crippen LogP contribution in [0.25, 0.3) is 0 Å². The van der Waals surface area contributed by atoms with Crippen molar-refractivity contribution in [2.24, 2.45) is 0 Å². The number of sulfone groups is 1. The van der Waals surface area contributed by atoms with E-state index in [0.717, 1.165) is 12.1 Å². The third-order valence-corrected chi connectivity index (χ3v) is 6.28. The number of rotatable bonds is 3. The van der Waals surface area contributed by atoms with Crippen LogP contribution in [0.4, 0.5) is 4.39 Å². The molecule has 126 valence electrons. The van der Waals surface area contributed by atoms with Crippen molar-refractivity contribution in [3.63, 3.8) is 0 Å². The standard InChI is InChI=1S/C15H9Cl2FO5S/c16-12-11(24(21,22)9-3-1-2-8(18)6-9)5-7-4-10(15(19)20)23-14(7)13(12)17/h1-3,5-6,10H,4H2,(H,19,20). The van der Waals surface area contributed by atoms with E-state index < -0.39 is 27.7 Å². The lowest BCUT2D eigenvalue weighted by molar-refractivity contribution is -0.144. The van der Waals surface area contributed by atoms with Crippen molar-refractivity contribution in [2.75, 3.05) is 0 Å². The Labute approximate surface area is 146 Å². The van der Waals surface area contributed by atoms with Crippen LogP contribution in [-0.4, -0.2) is 25.6 Å². The first-order chi connectivity index (χ1) is 11.2. The number of carboxylic acids is 1. The lowest BCUT2D eigenvalue weighted by Crippen LogP contribution is -2.24. The van der Waals surface area contributed by atoms with Crippen molar-refractivity contribution in [3.8, 4) is 5.75 Å². The molecule has 1 aliphatic heterocycles. The van der Waals surface area contributed by atoms with E-state index in [1.807, 2.05) is 0 Å². The van der Waals surface area contributed by atoms with Gasteiger partial charge in [0, 0.05) is 12.0 Å². The summed E-state index contributed by atoms with van der Waals surface area (Å²) in [5.41, 5.74) is 0.312. The van der Waals surface area contributed by atoms with Gasteiger partial charge in [0.15, 0.2) is 6.10 Å². The molecule has 3 rings (SSSR count). The van der Waals surface area contributed by atoms with E-state index in [-0.39, 0.29) is 32.0 Å². The zero-order chi connectivity index (χ0) is 17.6. The zero-order valence-electron chi connectivity index (χ0n) is 11.8. The predicted molar refractivity (Wildman–Crippen MR) is 84.1 cm³/mol. The van der Waals surface area contributed by atoms with Crippen molar-refractivity contribution in [1.29, 1.82) is 0 Å². The van der Waals surface area contributed by atoms with Crippen molar-refractivity contribution < 1.29 is 27.4 Å². The maximum atomic E-state index is 13.3. The van der Waals surface area contributed by atoms with Gasteiger partial charge < -0.3 is 9.84 Å². The van der Waals surface area contributed by atoms with Gasteiger partial charge in [0.05, 0.1) is 14.8 Å². The minimum Gasteiger partial charge on any atom is -0.478 e. The van der Waals surface area contributed by atoms with Gasteiger partial charge in [0.1, 0.15) is 16.6 Å². The molecule has 0 amide bonds. The van der Waals surface area contributed by atoms with Gasteiger partial charge in [0.2, 0.25) is 9.84 Å². The Morgan fingerprint density at radius 1 is 1.25 bits per heavy atom. The molecular formula is C15H9Cl2FO5S. The summed E-state index contributed by atoms with van der Waals surface area (Å²) in [4.78, 5) is 10.4. The monoisotopic (exact) mass is 390 g/mol. The molecule has 0 aliphatic carbocycles. The topological polar surface area (TPSA) is 80.7 Å². The SMILES string of the molecule is O=C(O)C1Cc2cc(S(=O)(=O)c3cccc(F)c3)c(Cl)c(Cl)c2O1. The van der Waals surface area contributed by atoms with Gasteiger partial charge in [-0.2, -0.15) is 0 Å². The fourth-order valence-electron chi connectivity index (χ4n) is 2.39. The molecule has 0 aromatic heterocycles. The maximum Gasteiger partial charge on any atom is 0.345 e. The van der Waals surface area contributed by atoms with Crippen LogP contribution in [0.15, 0.2) is 40.1 Å². The van der Waals surface area contributed by atoms with Crippen molar-refractivity contribution >= 4 is 39.0 Å². The van der Waals surface area contributed by atoms with Crippen LogP contribution in [0.2, 0.25) is 10.0 Å². The second-order valence-electron chi connectivity index (χ2n) is 5.10. The number of carboxylic acid groups (broad SMARTS) is 1. The summed E-state index contributed by atoms with van der Waals surface area (Å²) < 4.78 is 44.0. The highest BCUT2D eigenvalue weighted by molar-refractivity contribution is 7.91. The van der Waals surface area contributed by atoms with Gasteiger partial charge in [-0.25, -0.2) is 17.6 Å². The molecular weight excluding hydrogens is 382 g/mol. The molecule has 1 aliphatic rings. The van der Waals surface area contributed by atoms with E-state index in [4.69, 9.17) is 33.0 Å². The maximum absolute atomic E-state index is 13.3. The van der Waals surface area contributed by atoms with E-state index in [1.165, 1.54) is 18.2 Å². The quantitative estimate of drug-likeness (QED) is 0.868. The molecule has 0 spiro atoms. The number of ether oxygens (including phenoxy) is 1. The predicted octanol–water partition coefficient (Wildman–Crippen LogP) is 3.35. The van der Waals surface area contributed by atoms with Gasteiger partial charge in [0.25, 0.3) is 0 Å². The van der Waals surface area contributed by atoms with Crippen molar-refractivity contribution in [1.82, 2.24) is 0 Å². The summed E-state index contributed by atoms with van der Waals surface area (Å²) in [5.74, 6) is -1.87. The van der Waals surface area contributed by atoms with E-state index in [2.05, 4.69) is 0 Å². The molecule has 5 nitrogen and oxygen atoms in total. The number of hydrogen-bond acceptors (Lipinski definition) is 4. The average Bonchev–Trinajstić information content (AvgIpc) is 2.95. The minimum absolute atomic E-state index is 0.0484. The third-order valence-electron chi connectivity index (χ3n) is 3.54. The van der Waals surface area contributed by atoms with E-state index in [0.29, 0.717) is 5.56 Å². The summed E-state index contributed by atoms with van der Waals surface area (Å²) >= 11 is 12.1. The van der Waals surface area contributed by atoms with Gasteiger partial charge in [-0.3, -0.25) is 0 Å². The lowest BCUT2D eigenvalue weighted by Gasteiger charge is -2.11. The van der Waals surface area contributed by atoms with Crippen LogP contribution in [0.5, 0.6) is 5.75 Å². The molecule has 9 heteroatoms. The number of benzene rings is 2. The van der Waals surface area contributed by atoms with E-state index in [1.54, 1.807) is 0 Å². The van der Waals surface area contributed by atoms with Gasteiger partial charge in [-0.1, -0.05) is 29.3 Å². The van der Waals surface area contributed by atoms with Crippen molar-refractivity contribution in [3.05, 3.63) is 51.8 Å². The summed E-state index contributed by atoms with van der Waals surface area (Å²) in [6.07, 6.45) is -1.21. The number of carbonyl (C=O) groups is 1. The van der Waals surface area contributed by atoms with Crippen molar-refractivity contribution in [2.45, 2.75) is 22.3 Å². The highest BCUT2D eigenvalue weighted by Gasteiger charge is 2.35. The molecule has 2 aromatic carbocycles. The molecule has 0 bridgehead atoms. The Hall–Kier alpha value is -1.83.